The van der Waals surface area contributed by atoms with E-state index in [-0.39, 0.29) is 0 Å². The second-order valence-corrected chi connectivity index (χ2v) is 14.8. The zero-order valence-electron chi connectivity index (χ0n) is 30.8. The van der Waals surface area contributed by atoms with E-state index in [1.165, 1.54) is 38.1 Å². The summed E-state index contributed by atoms with van der Waals surface area (Å²) in [6, 6.07) is 71.6. The summed E-state index contributed by atoms with van der Waals surface area (Å²) >= 11 is 0. The molecule has 0 bridgehead atoms. The zero-order valence-corrected chi connectivity index (χ0v) is 30.8. The summed E-state index contributed by atoms with van der Waals surface area (Å²) in [5, 5.41) is 11.8. The summed E-state index contributed by atoms with van der Waals surface area (Å²) in [7, 11) is 0. The molecule has 266 valence electrons. The van der Waals surface area contributed by atoms with Crippen LogP contribution < -0.4 is 4.90 Å². The molecule has 0 atom stereocenters. The van der Waals surface area contributed by atoms with E-state index in [1.54, 1.807) is 0 Å². The Morgan fingerprint density at radius 1 is 0.298 bits per heavy atom. The Kier molecular flexibility index (Phi) is 6.93. The molecule has 12 rings (SSSR count). The molecule has 10 aromatic carbocycles. The second-order valence-electron chi connectivity index (χ2n) is 14.8. The maximum Gasteiger partial charge on any atom is 0.143 e. The van der Waals surface area contributed by atoms with Crippen molar-refractivity contribution in [3.63, 3.8) is 0 Å². The van der Waals surface area contributed by atoms with Crippen LogP contribution in [0.3, 0.4) is 0 Å². The first-order chi connectivity index (χ1) is 28.2. The molecular weight excluding hydrogens is 695 g/mol. The van der Waals surface area contributed by atoms with Crippen LogP contribution in [-0.2, 0) is 0 Å². The van der Waals surface area contributed by atoms with Crippen LogP contribution in [0.2, 0.25) is 0 Å². The predicted molar refractivity (Wildman–Crippen MR) is 239 cm³/mol. The van der Waals surface area contributed by atoms with Gasteiger partial charge in [0.05, 0.1) is 0 Å². The molecule has 2 aromatic heterocycles. The molecule has 0 aliphatic heterocycles. The molecule has 57 heavy (non-hydrogen) atoms. The third-order valence-corrected chi connectivity index (χ3v) is 11.6. The largest absolute Gasteiger partial charge is 0.456 e. The molecule has 0 aliphatic rings. The lowest BCUT2D eigenvalue weighted by molar-refractivity contribution is 0.669. The van der Waals surface area contributed by atoms with Crippen LogP contribution in [0.4, 0.5) is 17.1 Å². The van der Waals surface area contributed by atoms with Crippen LogP contribution in [0.15, 0.2) is 209 Å². The fourth-order valence-electron chi connectivity index (χ4n) is 8.99. The molecule has 0 saturated heterocycles. The van der Waals surface area contributed by atoms with E-state index in [9.17, 15) is 0 Å². The van der Waals surface area contributed by atoms with E-state index in [1.807, 2.05) is 12.1 Å². The third kappa shape index (κ3) is 4.99. The third-order valence-electron chi connectivity index (χ3n) is 11.6. The van der Waals surface area contributed by atoms with E-state index in [0.29, 0.717) is 0 Å². The number of rotatable bonds is 5. The van der Waals surface area contributed by atoms with Gasteiger partial charge in [0.25, 0.3) is 0 Å². The van der Waals surface area contributed by atoms with Crippen LogP contribution in [-0.4, -0.2) is 0 Å². The SMILES string of the molecule is c1cc(-c2cccc3oc4c5ccccc5ccc4c23)cc(N(c2ccc(-c3cc4ccccc4c4ccccc34)cc2)c2ccc3oc4ccccc4c3c2)c1. The molecule has 0 aliphatic carbocycles. The molecule has 0 radical (unpaired) electrons. The smallest absolute Gasteiger partial charge is 0.143 e. The monoisotopic (exact) mass is 727 g/mol. The number of hydrogen-bond donors (Lipinski definition) is 0. The van der Waals surface area contributed by atoms with E-state index in [2.05, 4.69) is 193 Å². The van der Waals surface area contributed by atoms with Gasteiger partial charge in [-0.3, -0.25) is 0 Å². The minimum atomic E-state index is 0.873. The van der Waals surface area contributed by atoms with Gasteiger partial charge >= 0.3 is 0 Å². The molecule has 0 amide bonds. The molecular formula is C54H33NO2. The number of hydrogen-bond acceptors (Lipinski definition) is 3. The summed E-state index contributed by atoms with van der Waals surface area (Å²) in [5.74, 6) is 0. The van der Waals surface area contributed by atoms with Crippen LogP contribution in [0.1, 0.15) is 0 Å². The van der Waals surface area contributed by atoms with E-state index in [0.717, 1.165) is 77.5 Å². The van der Waals surface area contributed by atoms with E-state index < -0.39 is 0 Å². The highest BCUT2D eigenvalue weighted by molar-refractivity contribution is 6.19. The molecule has 0 N–H and O–H groups in total. The van der Waals surface area contributed by atoms with Gasteiger partial charge in [-0.25, -0.2) is 0 Å². The molecule has 0 fully saturated rings. The number of para-hydroxylation sites is 1. The number of anilines is 3. The lowest BCUT2D eigenvalue weighted by Gasteiger charge is -2.26. The van der Waals surface area contributed by atoms with Crippen LogP contribution >= 0.6 is 0 Å². The summed E-state index contributed by atoms with van der Waals surface area (Å²) in [4.78, 5) is 2.36. The van der Waals surface area contributed by atoms with Crippen molar-refractivity contribution in [3.8, 4) is 22.3 Å². The summed E-state index contributed by atoms with van der Waals surface area (Å²) < 4.78 is 12.9. The van der Waals surface area contributed by atoms with Crippen LogP contribution in [0.25, 0.3) is 98.4 Å². The Morgan fingerprint density at radius 2 is 0.965 bits per heavy atom. The molecule has 3 heteroatoms. The lowest BCUT2D eigenvalue weighted by atomic mass is 9.93. The van der Waals surface area contributed by atoms with Gasteiger partial charge in [-0.05, 0) is 116 Å². The molecule has 0 saturated carbocycles. The van der Waals surface area contributed by atoms with Crippen molar-refractivity contribution in [2.24, 2.45) is 0 Å². The first-order valence-electron chi connectivity index (χ1n) is 19.4. The van der Waals surface area contributed by atoms with Gasteiger partial charge in [0.1, 0.15) is 22.3 Å². The van der Waals surface area contributed by atoms with Gasteiger partial charge in [0.2, 0.25) is 0 Å². The average Bonchev–Trinajstić information content (AvgIpc) is 3.85. The van der Waals surface area contributed by atoms with Crippen molar-refractivity contribution < 1.29 is 8.83 Å². The standard InChI is InChI=1S/C54H33NO2/c1-4-16-43-34(11-1)25-29-47-53-42(20-10-22-52(53)57-54(43)47)36-13-9-14-39(31-36)55(40-28-30-51-49(33-40)46-19-7-8-21-50(46)56-51)38-26-23-35(24-27-38)48-32-37-12-2-3-15-41(37)44-17-5-6-18-45(44)48/h1-33H. The normalized spacial score (nSPS) is 11.9. The Labute approximate surface area is 328 Å². The Bertz CT molecular complexity index is 3530. The molecule has 3 nitrogen and oxygen atoms in total. The lowest BCUT2D eigenvalue weighted by Crippen LogP contribution is -2.10. The highest BCUT2D eigenvalue weighted by Crippen LogP contribution is 2.44. The highest BCUT2D eigenvalue weighted by atomic mass is 16.3. The summed E-state index contributed by atoms with van der Waals surface area (Å²) in [6.45, 7) is 0. The van der Waals surface area contributed by atoms with Crippen molar-refractivity contribution in [2.45, 2.75) is 0 Å². The first-order valence-corrected chi connectivity index (χ1v) is 19.4. The van der Waals surface area contributed by atoms with Gasteiger partial charge in [0, 0.05) is 44.0 Å². The Hall–Kier alpha value is -7.62. The average molecular weight is 728 g/mol. The minimum Gasteiger partial charge on any atom is -0.456 e. The summed E-state index contributed by atoms with van der Waals surface area (Å²) in [6.07, 6.45) is 0. The van der Waals surface area contributed by atoms with Gasteiger partial charge in [-0.1, -0.05) is 133 Å². The highest BCUT2D eigenvalue weighted by Gasteiger charge is 2.19. The topological polar surface area (TPSA) is 29.5 Å². The summed E-state index contributed by atoms with van der Waals surface area (Å²) in [5.41, 5.74) is 11.4. The van der Waals surface area contributed by atoms with Crippen molar-refractivity contribution in [2.75, 3.05) is 4.90 Å². The van der Waals surface area contributed by atoms with Crippen molar-refractivity contribution in [1.29, 1.82) is 0 Å². The fraction of sp³-hybridized carbons (Fsp3) is 0. The zero-order chi connectivity index (χ0) is 37.5. The van der Waals surface area contributed by atoms with E-state index >= 15 is 0 Å². The van der Waals surface area contributed by atoms with Gasteiger partial charge in [0.15, 0.2) is 0 Å². The first kappa shape index (κ1) is 31.7. The van der Waals surface area contributed by atoms with Crippen LogP contribution in [0.5, 0.6) is 0 Å². The number of furan rings is 2. The molecule has 0 spiro atoms. The molecule has 0 unspecified atom stereocenters. The van der Waals surface area contributed by atoms with Crippen LogP contribution in [0, 0.1) is 0 Å². The van der Waals surface area contributed by atoms with Gasteiger partial charge in [-0.2, -0.15) is 0 Å². The second kappa shape index (κ2) is 12.5. The maximum absolute atomic E-state index is 6.59. The molecule has 12 aromatic rings. The Balaban J connectivity index is 1.04. The number of benzene rings is 10. The van der Waals surface area contributed by atoms with Gasteiger partial charge < -0.3 is 13.7 Å². The fourth-order valence-corrected chi connectivity index (χ4v) is 8.99. The molecule has 2 heterocycles. The maximum atomic E-state index is 6.59. The minimum absolute atomic E-state index is 0.873. The number of nitrogens with zero attached hydrogens (tertiary/aromatic N) is 1. The van der Waals surface area contributed by atoms with Crippen molar-refractivity contribution >= 4 is 93.3 Å². The van der Waals surface area contributed by atoms with Gasteiger partial charge in [-0.15, -0.1) is 0 Å². The van der Waals surface area contributed by atoms with E-state index in [4.69, 9.17) is 8.83 Å². The van der Waals surface area contributed by atoms with Crippen molar-refractivity contribution in [3.05, 3.63) is 200 Å². The van der Waals surface area contributed by atoms with Crippen molar-refractivity contribution in [1.82, 2.24) is 0 Å². The quantitative estimate of drug-likeness (QED) is 0.165. The number of fused-ring (bicyclic) bond motifs is 11. The Morgan fingerprint density at radius 3 is 1.84 bits per heavy atom. The predicted octanol–water partition coefficient (Wildman–Crippen LogP) is 15.7.